The molecular weight excluding hydrogens is 473 g/mol. The zero-order valence-electron chi connectivity index (χ0n) is 17.4. The molecule has 0 radical (unpaired) electrons. The number of benzene rings is 3. The van der Waals surface area contributed by atoms with Gasteiger partial charge in [-0.2, -0.15) is 13.2 Å². The molecule has 3 rings (SSSR count). The van der Waals surface area contributed by atoms with Crippen molar-refractivity contribution < 1.29 is 31.2 Å². The van der Waals surface area contributed by atoms with Crippen molar-refractivity contribution in [1.82, 2.24) is 4.72 Å². The molecule has 0 saturated carbocycles. The van der Waals surface area contributed by atoms with E-state index in [0.717, 1.165) is 18.2 Å². The SMILES string of the molecule is O=C(CNS(=O)(=O)c1cccc(C(F)(F)F)c1)Nc1ccc(NC(=O)Nc2ccccc2)cc1. The molecule has 0 aliphatic heterocycles. The summed E-state index contributed by atoms with van der Waals surface area (Å²) in [4.78, 5) is 23.5. The van der Waals surface area contributed by atoms with Gasteiger partial charge in [0.2, 0.25) is 15.9 Å². The first-order valence-electron chi connectivity index (χ1n) is 9.73. The number of alkyl halides is 3. The minimum Gasteiger partial charge on any atom is -0.325 e. The Kier molecular flexibility index (Phi) is 7.54. The summed E-state index contributed by atoms with van der Waals surface area (Å²) in [6.45, 7) is -0.696. The summed E-state index contributed by atoms with van der Waals surface area (Å²) in [7, 11) is -4.34. The van der Waals surface area contributed by atoms with Gasteiger partial charge in [0, 0.05) is 17.1 Å². The van der Waals surface area contributed by atoms with Gasteiger partial charge in [-0.15, -0.1) is 0 Å². The Morgan fingerprint density at radius 1 is 0.735 bits per heavy atom. The Morgan fingerprint density at radius 3 is 1.88 bits per heavy atom. The third kappa shape index (κ3) is 7.05. The molecule has 0 aromatic heterocycles. The van der Waals surface area contributed by atoms with E-state index >= 15 is 0 Å². The van der Waals surface area contributed by atoms with Gasteiger partial charge in [-0.1, -0.05) is 24.3 Å². The van der Waals surface area contributed by atoms with Gasteiger partial charge in [0.1, 0.15) is 0 Å². The van der Waals surface area contributed by atoms with Crippen LogP contribution >= 0.6 is 0 Å². The number of carbonyl (C=O) groups is 2. The van der Waals surface area contributed by atoms with Gasteiger partial charge in [-0.05, 0) is 54.6 Å². The lowest BCUT2D eigenvalue weighted by atomic mass is 10.2. The second kappa shape index (κ2) is 10.4. The van der Waals surface area contributed by atoms with Crippen LogP contribution in [0.4, 0.5) is 35.0 Å². The first-order valence-corrected chi connectivity index (χ1v) is 11.2. The quantitative estimate of drug-likeness (QED) is 0.394. The van der Waals surface area contributed by atoms with E-state index in [1.807, 2.05) is 10.8 Å². The fraction of sp³-hybridized carbons (Fsp3) is 0.0909. The van der Waals surface area contributed by atoms with Crippen LogP contribution in [0.3, 0.4) is 0 Å². The molecule has 0 atom stereocenters. The molecule has 4 N–H and O–H groups in total. The van der Waals surface area contributed by atoms with Crippen LogP contribution in [0.25, 0.3) is 0 Å². The summed E-state index contributed by atoms with van der Waals surface area (Å²) < 4.78 is 64.9. The standard InChI is InChI=1S/C22H19F3N4O4S/c23-22(24,25)15-5-4-8-19(13-15)34(32,33)26-14-20(30)27-17-9-11-18(12-10-17)29-21(31)28-16-6-2-1-3-7-16/h1-13,26H,14H2,(H,27,30)(H2,28,29,31). The fourth-order valence-corrected chi connectivity index (χ4v) is 3.77. The third-order valence-corrected chi connectivity index (χ3v) is 5.75. The van der Waals surface area contributed by atoms with Gasteiger partial charge >= 0.3 is 12.2 Å². The van der Waals surface area contributed by atoms with E-state index in [0.29, 0.717) is 23.1 Å². The van der Waals surface area contributed by atoms with Crippen molar-refractivity contribution in [1.29, 1.82) is 0 Å². The maximum Gasteiger partial charge on any atom is 0.416 e. The van der Waals surface area contributed by atoms with Crippen LogP contribution < -0.4 is 20.7 Å². The average Bonchev–Trinajstić information content (AvgIpc) is 2.79. The fourth-order valence-electron chi connectivity index (χ4n) is 2.74. The molecule has 0 aliphatic rings. The van der Waals surface area contributed by atoms with Crippen LogP contribution in [0.15, 0.2) is 83.8 Å². The molecule has 3 aromatic rings. The number of carbonyl (C=O) groups excluding carboxylic acids is 2. The normalized spacial score (nSPS) is 11.5. The van der Waals surface area contributed by atoms with Gasteiger partial charge in [0.05, 0.1) is 17.0 Å². The lowest BCUT2D eigenvalue weighted by Gasteiger charge is -2.11. The van der Waals surface area contributed by atoms with Crippen molar-refractivity contribution in [3.05, 3.63) is 84.4 Å². The summed E-state index contributed by atoms with van der Waals surface area (Å²) in [5, 5.41) is 7.71. The monoisotopic (exact) mass is 492 g/mol. The number of halogens is 3. The molecule has 0 fully saturated rings. The van der Waals surface area contributed by atoms with E-state index < -0.39 is 45.1 Å². The number of sulfonamides is 1. The van der Waals surface area contributed by atoms with Crippen molar-refractivity contribution in [3.8, 4) is 0 Å². The molecule has 3 aromatic carbocycles. The third-order valence-electron chi connectivity index (χ3n) is 4.35. The topological polar surface area (TPSA) is 116 Å². The zero-order chi connectivity index (χ0) is 24.8. The van der Waals surface area contributed by atoms with Crippen molar-refractivity contribution in [2.75, 3.05) is 22.5 Å². The number of para-hydroxylation sites is 1. The Hall–Kier alpha value is -3.90. The summed E-state index contributed by atoms with van der Waals surface area (Å²) in [6, 6.07) is 17.5. The second-order valence-electron chi connectivity index (χ2n) is 6.92. The van der Waals surface area contributed by atoms with Gasteiger partial charge in [0.25, 0.3) is 0 Å². The molecule has 178 valence electrons. The average molecular weight is 492 g/mol. The van der Waals surface area contributed by atoms with Gasteiger partial charge < -0.3 is 16.0 Å². The first-order chi connectivity index (χ1) is 16.0. The van der Waals surface area contributed by atoms with Gasteiger partial charge in [-0.3, -0.25) is 4.79 Å². The lowest BCUT2D eigenvalue weighted by molar-refractivity contribution is -0.137. The Bertz CT molecular complexity index is 1270. The van der Waals surface area contributed by atoms with Gasteiger partial charge in [0.15, 0.2) is 0 Å². The number of rotatable bonds is 7. The summed E-state index contributed by atoms with van der Waals surface area (Å²) in [5.74, 6) is -0.738. The predicted molar refractivity (Wildman–Crippen MR) is 121 cm³/mol. The molecular formula is C22H19F3N4O4S. The molecule has 0 aliphatic carbocycles. The molecule has 34 heavy (non-hydrogen) atoms. The van der Waals surface area contributed by atoms with Crippen LogP contribution in [0, 0.1) is 0 Å². The van der Waals surface area contributed by atoms with Crippen LogP contribution in [0.5, 0.6) is 0 Å². The van der Waals surface area contributed by atoms with E-state index in [2.05, 4.69) is 16.0 Å². The van der Waals surface area contributed by atoms with Crippen molar-refractivity contribution in [3.63, 3.8) is 0 Å². The highest BCUT2D eigenvalue weighted by Gasteiger charge is 2.31. The largest absolute Gasteiger partial charge is 0.416 e. The van der Waals surface area contributed by atoms with Gasteiger partial charge in [-0.25, -0.2) is 17.9 Å². The zero-order valence-corrected chi connectivity index (χ0v) is 18.2. The number of urea groups is 1. The molecule has 8 nitrogen and oxygen atoms in total. The number of hydrogen-bond donors (Lipinski definition) is 4. The number of anilines is 3. The minimum atomic E-state index is -4.70. The van der Waals surface area contributed by atoms with Crippen LogP contribution in [0.1, 0.15) is 5.56 Å². The first kappa shape index (κ1) is 24.7. The molecule has 0 spiro atoms. The number of nitrogens with one attached hydrogen (secondary N) is 4. The molecule has 0 unspecified atom stereocenters. The molecule has 0 heterocycles. The minimum absolute atomic E-state index is 0.317. The maximum absolute atomic E-state index is 12.8. The van der Waals surface area contributed by atoms with Crippen LogP contribution in [-0.2, 0) is 21.0 Å². The summed E-state index contributed by atoms with van der Waals surface area (Å²) >= 11 is 0. The predicted octanol–water partition coefficient (Wildman–Crippen LogP) is 4.27. The second-order valence-corrected chi connectivity index (χ2v) is 8.69. The van der Waals surface area contributed by atoms with Crippen LogP contribution in [-0.4, -0.2) is 26.9 Å². The highest BCUT2D eigenvalue weighted by Crippen LogP contribution is 2.30. The maximum atomic E-state index is 12.8. The number of hydrogen-bond acceptors (Lipinski definition) is 4. The smallest absolute Gasteiger partial charge is 0.325 e. The van der Waals surface area contributed by atoms with E-state index in [-0.39, 0.29) is 0 Å². The molecule has 0 bridgehead atoms. The van der Waals surface area contributed by atoms with Crippen molar-refractivity contribution in [2.24, 2.45) is 0 Å². The molecule has 0 saturated heterocycles. The van der Waals surface area contributed by atoms with E-state index in [1.165, 1.54) is 24.3 Å². The Balaban J connectivity index is 1.52. The van der Waals surface area contributed by atoms with E-state index in [4.69, 9.17) is 0 Å². The van der Waals surface area contributed by atoms with Crippen LogP contribution in [0.2, 0.25) is 0 Å². The Morgan fingerprint density at radius 2 is 1.29 bits per heavy atom. The van der Waals surface area contributed by atoms with Crippen molar-refractivity contribution >= 4 is 39.0 Å². The van der Waals surface area contributed by atoms with E-state index in [9.17, 15) is 31.2 Å². The lowest BCUT2D eigenvalue weighted by Crippen LogP contribution is -2.33. The van der Waals surface area contributed by atoms with Crippen molar-refractivity contribution in [2.45, 2.75) is 11.1 Å². The highest BCUT2D eigenvalue weighted by molar-refractivity contribution is 7.89. The number of amides is 3. The van der Waals surface area contributed by atoms with E-state index in [1.54, 1.807) is 24.3 Å². The Labute approximate surface area is 193 Å². The summed E-state index contributed by atoms with van der Waals surface area (Å²) in [5.41, 5.74) is 0.247. The molecule has 3 amide bonds. The molecule has 12 heteroatoms. The summed E-state index contributed by atoms with van der Waals surface area (Å²) in [6.07, 6.45) is -4.70. The highest BCUT2D eigenvalue weighted by atomic mass is 32.2.